The Bertz CT molecular complexity index is 1280. The van der Waals surface area contributed by atoms with E-state index >= 15 is 0 Å². The van der Waals surface area contributed by atoms with Crippen LogP contribution < -0.4 is 20.1 Å². The molecule has 3 aliphatic rings. The normalized spacial score (nSPS) is 27.6. The third-order valence-electron chi connectivity index (χ3n) is 9.06. The number of likely N-dealkylation sites (tertiary alicyclic amines) is 1. The summed E-state index contributed by atoms with van der Waals surface area (Å²) < 4.78 is 17.6. The van der Waals surface area contributed by atoms with Gasteiger partial charge in [-0.2, -0.15) is 0 Å². The molecular formula is C32H41N3O7. The lowest BCUT2D eigenvalue weighted by Crippen LogP contribution is -2.53. The molecule has 5 atom stereocenters. The first-order valence-corrected chi connectivity index (χ1v) is 14.9. The summed E-state index contributed by atoms with van der Waals surface area (Å²) in [7, 11) is 1.58. The number of methoxy groups -OCH3 is 1. The summed E-state index contributed by atoms with van der Waals surface area (Å²) in [5, 5.41) is 15.3. The largest absolute Gasteiger partial charge is 0.497 e. The average Bonchev–Trinajstić information content (AvgIpc) is 3.60. The number of ether oxygens (including phenoxy) is 3. The van der Waals surface area contributed by atoms with Crippen molar-refractivity contribution in [2.75, 3.05) is 37.5 Å². The van der Waals surface area contributed by atoms with E-state index in [1.165, 1.54) is 0 Å². The fourth-order valence-electron chi connectivity index (χ4n) is 7.13. The van der Waals surface area contributed by atoms with E-state index in [-0.39, 0.29) is 24.3 Å². The molecule has 3 saturated heterocycles. The van der Waals surface area contributed by atoms with Gasteiger partial charge < -0.3 is 34.9 Å². The first kappa shape index (κ1) is 29.8. The summed E-state index contributed by atoms with van der Waals surface area (Å²) in [6, 6.07) is 13.3. The molecule has 10 nitrogen and oxygen atoms in total. The van der Waals surface area contributed by atoms with Gasteiger partial charge >= 0.3 is 0 Å². The molecule has 2 unspecified atom stereocenters. The van der Waals surface area contributed by atoms with Crippen LogP contribution in [0.25, 0.3) is 0 Å². The standard InChI is InChI=1S/C32H41N3O7/c1-4-31-17-18-32(42-31)26(25(31)28(37)33-21-11-15-24(16-12-21)41-5-2)30(39)35(19-7-6-8-20-36)27(32)29(38)34-22-9-13-23(40-3)14-10-22/h9-16,25-27,36H,4-8,17-20H2,1-3H3,(H,33,37)(H,34,38)/t25-,26-,27?,31+,32?/m0/s1. The predicted molar refractivity (Wildman–Crippen MR) is 157 cm³/mol. The first-order chi connectivity index (χ1) is 20.3. The van der Waals surface area contributed by atoms with Crippen molar-refractivity contribution in [2.45, 2.75) is 69.6 Å². The van der Waals surface area contributed by atoms with Gasteiger partial charge in [0.15, 0.2) is 0 Å². The Hall–Kier alpha value is -3.63. The van der Waals surface area contributed by atoms with Crippen LogP contribution in [-0.4, -0.2) is 71.8 Å². The Morgan fingerprint density at radius 2 is 1.60 bits per heavy atom. The molecule has 3 fully saturated rings. The minimum Gasteiger partial charge on any atom is -0.497 e. The molecule has 42 heavy (non-hydrogen) atoms. The molecule has 0 aromatic heterocycles. The van der Waals surface area contributed by atoms with Crippen LogP contribution in [0.1, 0.15) is 52.4 Å². The highest BCUT2D eigenvalue weighted by atomic mass is 16.5. The zero-order valence-corrected chi connectivity index (χ0v) is 24.6. The van der Waals surface area contributed by atoms with Crippen molar-refractivity contribution in [3.8, 4) is 11.5 Å². The maximum absolute atomic E-state index is 14.2. The Kier molecular flexibility index (Phi) is 8.75. The van der Waals surface area contributed by atoms with Gasteiger partial charge in [-0.25, -0.2) is 0 Å². The molecule has 3 aliphatic heterocycles. The first-order valence-electron chi connectivity index (χ1n) is 14.9. The monoisotopic (exact) mass is 579 g/mol. The summed E-state index contributed by atoms with van der Waals surface area (Å²) in [5.74, 6) is -0.994. The highest BCUT2D eigenvalue weighted by molar-refractivity contribution is 6.05. The lowest BCUT2D eigenvalue weighted by atomic mass is 9.65. The number of rotatable bonds is 13. The van der Waals surface area contributed by atoms with Crippen molar-refractivity contribution >= 4 is 29.1 Å². The second-order valence-corrected chi connectivity index (χ2v) is 11.3. The van der Waals surface area contributed by atoms with Crippen molar-refractivity contribution in [1.29, 1.82) is 0 Å². The van der Waals surface area contributed by atoms with Gasteiger partial charge in [0.1, 0.15) is 23.1 Å². The van der Waals surface area contributed by atoms with Crippen LogP contribution in [0.2, 0.25) is 0 Å². The van der Waals surface area contributed by atoms with E-state index in [0.29, 0.717) is 74.6 Å². The number of fused-ring (bicyclic) bond motifs is 1. The van der Waals surface area contributed by atoms with Gasteiger partial charge in [-0.15, -0.1) is 0 Å². The Balaban J connectivity index is 1.45. The molecule has 0 radical (unpaired) electrons. The van der Waals surface area contributed by atoms with Gasteiger partial charge in [-0.3, -0.25) is 14.4 Å². The highest BCUT2D eigenvalue weighted by Gasteiger charge is 2.78. The van der Waals surface area contributed by atoms with E-state index in [4.69, 9.17) is 14.2 Å². The zero-order chi connectivity index (χ0) is 29.9. The summed E-state index contributed by atoms with van der Waals surface area (Å²) in [6.07, 6.45) is 3.60. The molecule has 226 valence electrons. The fraction of sp³-hybridized carbons (Fsp3) is 0.531. The third kappa shape index (κ3) is 5.22. The Morgan fingerprint density at radius 1 is 0.952 bits per heavy atom. The number of benzene rings is 2. The van der Waals surface area contributed by atoms with Gasteiger partial charge in [-0.1, -0.05) is 6.92 Å². The molecule has 3 N–H and O–H groups in total. The number of aliphatic hydroxyl groups excluding tert-OH is 1. The number of unbranched alkanes of at least 4 members (excludes halogenated alkanes) is 2. The van der Waals surface area contributed by atoms with Crippen LogP contribution in [0.15, 0.2) is 48.5 Å². The van der Waals surface area contributed by atoms with Crippen LogP contribution in [0.3, 0.4) is 0 Å². The van der Waals surface area contributed by atoms with E-state index in [1.807, 2.05) is 13.8 Å². The topological polar surface area (TPSA) is 126 Å². The number of carbonyl (C=O) groups excluding carboxylic acids is 3. The lowest BCUT2D eigenvalue weighted by Gasteiger charge is -2.34. The van der Waals surface area contributed by atoms with Gasteiger partial charge in [0.25, 0.3) is 0 Å². The van der Waals surface area contributed by atoms with Gasteiger partial charge in [0.2, 0.25) is 17.7 Å². The molecule has 10 heteroatoms. The molecule has 1 spiro atoms. The summed E-state index contributed by atoms with van der Waals surface area (Å²) in [4.78, 5) is 43.8. The van der Waals surface area contributed by atoms with Gasteiger partial charge in [0, 0.05) is 24.5 Å². The van der Waals surface area contributed by atoms with E-state index in [1.54, 1.807) is 60.5 Å². The SMILES string of the molecule is CCOc1ccc(NC(=O)[C@@H]2[C@H]3C(=O)N(CCCCCO)C(C(=O)Nc4ccc(OC)cc4)C34CC[C@@]2(CC)O4)cc1. The van der Waals surface area contributed by atoms with Crippen molar-refractivity contribution in [2.24, 2.45) is 11.8 Å². The molecule has 2 aromatic carbocycles. The third-order valence-corrected chi connectivity index (χ3v) is 9.06. The summed E-state index contributed by atoms with van der Waals surface area (Å²) >= 11 is 0. The number of nitrogens with one attached hydrogen (secondary N) is 2. The average molecular weight is 580 g/mol. The molecular weight excluding hydrogens is 538 g/mol. The smallest absolute Gasteiger partial charge is 0.250 e. The van der Waals surface area contributed by atoms with Crippen LogP contribution in [-0.2, 0) is 19.1 Å². The second-order valence-electron chi connectivity index (χ2n) is 11.3. The van der Waals surface area contributed by atoms with Crippen molar-refractivity contribution in [3.63, 3.8) is 0 Å². The zero-order valence-electron chi connectivity index (χ0n) is 24.6. The van der Waals surface area contributed by atoms with Crippen LogP contribution >= 0.6 is 0 Å². The number of anilines is 2. The second kappa shape index (κ2) is 12.3. The predicted octanol–water partition coefficient (Wildman–Crippen LogP) is 3.99. The minimum atomic E-state index is -1.11. The number of amides is 3. The van der Waals surface area contributed by atoms with Crippen LogP contribution in [0.5, 0.6) is 11.5 Å². The number of aliphatic hydroxyl groups is 1. The molecule has 0 saturated carbocycles. The van der Waals surface area contributed by atoms with Gasteiger partial charge in [0.05, 0.1) is 31.2 Å². The number of nitrogens with zero attached hydrogens (tertiary/aromatic N) is 1. The lowest BCUT2D eigenvalue weighted by molar-refractivity contribution is -0.144. The highest BCUT2D eigenvalue weighted by Crippen LogP contribution is 2.64. The van der Waals surface area contributed by atoms with Crippen LogP contribution in [0, 0.1) is 11.8 Å². The molecule has 2 bridgehead atoms. The molecule has 2 aromatic rings. The summed E-state index contributed by atoms with van der Waals surface area (Å²) in [5.41, 5.74) is -0.763. The number of carbonyl (C=O) groups is 3. The summed E-state index contributed by atoms with van der Waals surface area (Å²) in [6.45, 7) is 4.83. The maximum Gasteiger partial charge on any atom is 0.250 e. The Morgan fingerprint density at radius 3 is 2.19 bits per heavy atom. The quantitative estimate of drug-likeness (QED) is 0.306. The van der Waals surface area contributed by atoms with E-state index in [0.717, 1.165) is 0 Å². The maximum atomic E-state index is 14.2. The van der Waals surface area contributed by atoms with Crippen molar-refractivity contribution in [3.05, 3.63) is 48.5 Å². The number of hydrogen-bond acceptors (Lipinski definition) is 7. The molecule has 5 rings (SSSR count). The van der Waals surface area contributed by atoms with E-state index < -0.39 is 29.1 Å². The van der Waals surface area contributed by atoms with Crippen LogP contribution in [0.4, 0.5) is 11.4 Å². The van der Waals surface area contributed by atoms with E-state index in [2.05, 4.69) is 10.6 Å². The van der Waals surface area contributed by atoms with E-state index in [9.17, 15) is 19.5 Å². The molecule has 0 aliphatic carbocycles. The van der Waals surface area contributed by atoms with Crippen molar-refractivity contribution in [1.82, 2.24) is 4.90 Å². The number of hydrogen-bond donors (Lipinski definition) is 3. The fourth-order valence-corrected chi connectivity index (χ4v) is 7.13. The van der Waals surface area contributed by atoms with Gasteiger partial charge in [-0.05, 0) is 94.0 Å². The Labute approximate surface area is 246 Å². The molecule has 3 amide bonds. The minimum absolute atomic E-state index is 0.0673. The molecule has 3 heterocycles. The van der Waals surface area contributed by atoms with Crippen molar-refractivity contribution < 1.29 is 33.7 Å².